The number of aryl methyl sites for hydroxylation is 2. The molecule has 0 fully saturated rings. The smallest absolute Gasteiger partial charge is 0.246 e. The number of carbonyl (C=O) groups excluding carboxylic acids is 1. The second-order valence-corrected chi connectivity index (χ2v) is 11.5. The number of nitrogens with one attached hydrogen (secondary N) is 1. The fraction of sp³-hybridized carbons (Fsp3) is 0.529. The topological polar surface area (TPSA) is 89.3 Å². The number of nitrogens with zero attached hydrogens (tertiary/aromatic N) is 1. The van der Waals surface area contributed by atoms with Crippen LogP contribution in [0.1, 0.15) is 50.1 Å². The van der Waals surface area contributed by atoms with E-state index in [1.165, 1.54) is 25.2 Å². The summed E-state index contributed by atoms with van der Waals surface area (Å²) < 4.78 is 29.5. The van der Waals surface area contributed by atoms with E-state index in [4.69, 9.17) is 4.52 Å². The lowest BCUT2D eigenvalue weighted by atomic mass is 9.93. The second kappa shape index (κ2) is 6.25. The zero-order valence-electron chi connectivity index (χ0n) is 15.6. The normalized spacial score (nSPS) is 13.1. The third-order valence-corrected chi connectivity index (χ3v) is 7.62. The SMILES string of the molecule is Cc1cc(S(=O)(=O)C(C)(C)C(=O)Nc2cc(C(C)(C)C)on2)c(C)s1. The number of hydrogen-bond donors (Lipinski definition) is 1. The summed E-state index contributed by atoms with van der Waals surface area (Å²) in [4.78, 5) is 14.4. The summed E-state index contributed by atoms with van der Waals surface area (Å²) >= 11 is 1.40. The molecule has 8 heteroatoms. The Bertz CT molecular complexity index is 899. The second-order valence-electron chi connectivity index (χ2n) is 7.57. The average molecular weight is 385 g/mol. The molecule has 1 amide bonds. The van der Waals surface area contributed by atoms with E-state index in [2.05, 4.69) is 10.5 Å². The lowest BCUT2D eigenvalue weighted by Gasteiger charge is -2.23. The van der Waals surface area contributed by atoms with Crippen molar-refractivity contribution in [2.75, 3.05) is 5.32 Å². The van der Waals surface area contributed by atoms with Gasteiger partial charge in [0.05, 0.1) is 4.90 Å². The van der Waals surface area contributed by atoms with Crippen LogP contribution in [0.15, 0.2) is 21.6 Å². The van der Waals surface area contributed by atoms with E-state index in [-0.39, 0.29) is 16.1 Å². The van der Waals surface area contributed by atoms with Gasteiger partial charge >= 0.3 is 0 Å². The van der Waals surface area contributed by atoms with Crippen molar-refractivity contribution in [3.8, 4) is 0 Å². The van der Waals surface area contributed by atoms with Crippen LogP contribution in [0.2, 0.25) is 0 Å². The van der Waals surface area contributed by atoms with Crippen LogP contribution in [0.3, 0.4) is 0 Å². The van der Waals surface area contributed by atoms with E-state index in [1.807, 2.05) is 27.7 Å². The van der Waals surface area contributed by atoms with Crippen molar-refractivity contribution in [3.63, 3.8) is 0 Å². The summed E-state index contributed by atoms with van der Waals surface area (Å²) in [6, 6.07) is 3.22. The highest BCUT2D eigenvalue weighted by molar-refractivity contribution is 7.93. The van der Waals surface area contributed by atoms with Gasteiger partial charge in [0, 0.05) is 21.2 Å². The van der Waals surface area contributed by atoms with Crippen molar-refractivity contribution in [3.05, 3.63) is 27.6 Å². The van der Waals surface area contributed by atoms with Gasteiger partial charge in [0.25, 0.3) is 0 Å². The summed E-state index contributed by atoms with van der Waals surface area (Å²) in [6.45, 7) is 12.2. The zero-order chi connectivity index (χ0) is 19.2. The van der Waals surface area contributed by atoms with Gasteiger partial charge in [0.1, 0.15) is 10.5 Å². The molecule has 6 nitrogen and oxygen atoms in total. The molecule has 0 aliphatic heterocycles. The summed E-state index contributed by atoms with van der Waals surface area (Å²) in [7, 11) is -3.85. The van der Waals surface area contributed by atoms with Gasteiger partial charge in [-0.1, -0.05) is 25.9 Å². The molecule has 2 aromatic heterocycles. The molecule has 0 aliphatic rings. The number of hydrogen-bond acceptors (Lipinski definition) is 6. The minimum absolute atomic E-state index is 0.200. The van der Waals surface area contributed by atoms with Crippen molar-refractivity contribution in [2.24, 2.45) is 0 Å². The minimum Gasteiger partial charge on any atom is -0.359 e. The zero-order valence-corrected chi connectivity index (χ0v) is 17.2. The lowest BCUT2D eigenvalue weighted by Crippen LogP contribution is -2.44. The number of aromatic nitrogens is 1. The third-order valence-electron chi connectivity index (χ3n) is 3.99. The Hall–Kier alpha value is -1.67. The number of anilines is 1. The number of amides is 1. The Morgan fingerprint density at radius 3 is 2.20 bits per heavy atom. The Kier molecular flexibility index (Phi) is 4.91. The Labute approximate surface area is 152 Å². The highest BCUT2D eigenvalue weighted by atomic mass is 32.2. The average Bonchev–Trinajstić information content (AvgIpc) is 3.04. The predicted octanol–water partition coefficient (Wildman–Crippen LogP) is 3.84. The number of sulfone groups is 1. The molecule has 2 aromatic rings. The maximum atomic E-state index is 13.0. The van der Waals surface area contributed by atoms with Crippen LogP contribution in [0.4, 0.5) is 5.82 Å². The molecular weight excluding hydrogens is 360 g/mol. The molecule has 25 heavy (non-hydrogen) atoms. The van der Waals surface area contributed by atoms with Gasteiger partial charge < -0.3 is 9.84 Å². The van der Waals surface area contributed by atoms with Gasteiger partial charge in [0.15, 0.2) is 15.7 Å². The molecular formula is C17H24N2O4S2. The molecule has 1 N–H and O–H groups in total. The van der Waals surface area contributed by atoms with Crippen molar-refractivity contribution in [2.45, 2.75) is 63.5 Å². The highest BCUT2D eigenvalue weighted by Crippen LogP contribution is 2.33. The number of carbonyl (C=O) groups is 1. The molecule has 0 aliphatic carbocycles. The van der Waals surface area contributed by atoms with Gasteiger partial charge in [-0.25, -0.2) is 8.42 Å². The third kappa shape index (κ3) is 3.64. The molecule has 138 valence electrons. The van der Waals surface area contributed by atoms with Gasteiger partial charge in [-0.3, -0.25) is 4.79 Å². The van der Waals surface area contributed by atoms with Crippen molar-refractivity contribution in [1.82, 2.24) is 5.16 Å². The molecule has 0 radical (unpaired) electrons. The molecule has 2 heterocycles. The quantitative estimate of drug-likeness (QED) is 0.865. The van der Waals surface area contributed by atoms with Gasteiger partial charge in [0.2, 0.25) is 5.91 Å². The van der Waals surface area contributed by atoms with Crippen LogP contribution in [-0.4, -0.2) is 24.2 Å². The monoisotopic (exact) mass is 384 g/mol. The minimum atomic E-state index is -3.85. The first-order chi connectivity index (χ1) is 11.3. The van der Waals surface area contributed by atoms with E-state index in [0.717, 1.165) is 4.88 Å². The van der Waals surface area contributed by atoms with Crippen LogP contribution >= 0.6 is 11.3 Å². The van der Waals surface area contributed by atoms with Crippen molar-refractivity contribution in [1.29, 1.82) is 0 Å². The fourth-order valence-electron chi connectivity index (χ4n) is 2.23. The molecule has 0 aromatic carbocycles. The first kappa shape index (κ1) is 19.7. The summed E-state index contributed by atoms with van der Waals surface area (Å²) in [6.07, 6.45) is 0. The Morgan fingerprint density at radius 2 is 1.76 bits per heavy atom. The van der Waals surface area contributed by atoms with Crippen LogP contribution in [0, 0.1) is 13.8 Å². The predicted molar refractivity (Wildman–Crippen MR) is 98.9 cm³/mol. The summed E-state index contributed by atoms with van der Waals surface area (Å²) in [5, 5.41) is 6.37. The largest absolute Gasteiger partial charge is 0.359 e. The molecule has 0 saturated heterocycles. The molecule has 2 rings (SSSR count). The highest BCUT2D eigenvalue weighted by Gasteiger charge is 2.44. The maximum absolute atomic E-state index is 13.0. The van der Waals surface area contributed by atoms with Gasteiger partial charge in [-0.15, -0.1) is 11.3 Å². The van der Waals surface area contributed by atoms with Gasteiger partial charge in [-0.2, -0.15) is 0 Å². The summed E-state index contributed by atoms with van der Waals surface area (Å²) in [5.41, 5.74) is -0.261. The standard InChI is InChI=1S/C17H24N2O4S2/c1-10-8-12(11(2)24-10)25(21,22)17(6,7)15(20)18-14-9-13(23-19-14)16(3,4)5/h8-9H,1-7H3,(H,18,19,20). The van der Waals surface area contributed by atoms with Crippen LogP contribution in [0.25, 0.3) is 0 Å². The van der Waals surface area contributed by atoms with Crippen LogP contribution in [-0.2, 0) is 20.0 Å². The van der Waals surface area contributed by atoms with E-state index in [9.17, 15) is 13.2 Å². The van der Waals surface area contributed by atoms with E-state index in [1.54, 1.807) is 19.1 Å². The Balaban J connectivity index is 2.31. The van der Waals surface area contributed by atoms with E-state index < -0.39 is 20.5 Å². The molecule has 0 atom stereocenters. The lowest BCUT2D eigenvalue weighted by molar-refractivity contribution is -0.117. The van der Waals surface area contributed by atoms with Crippen molar-refractivity contribution >= 4 is 32.9 Å². The van der Waals surface area contributed by atoms with Crippen molar-refractivity contribution < 1.29 is 17.7 Å². The molecule has 0 unspecified atom stereocenters. The molecule has 0 spiro atoms. The number of thiophene rings is 1. The van der Waals surface area contributed by atoms with E-state index in [0.29, 0.717) is 10.6 Å². The first-order valence-electron chi connectivity index (χ1n) is 7.87. The summed E-state index contributed by atoms with van der Waals surface area (Å²) in [5.74, 6) is 0.161. The maximum Gasteiger partial charge on any atom is 0.246 e. The van der Waals surface area contributed by atoms with Crippen LogP contribution < -0.4 is 5.32 Å². The van der Waals surface area contributed by atoms with Crippen LogP contribution in [0.5, 0.6) is 0 Å². The first-order valence-corrected chi connectivity index (χ1v) is 10.2. The fourth-order valence-corrected chi connectivity index (χ4v) is 5.13. The van der Waals surface area contributed by atoms with Gasteiger partial charge in [-0.05, 0) is 33.8 Å². The Morgan fingerprint density at radius 1 is 1.16 bits per heavy atom. The molecule has 0 saturated carbocycles. The van der Waals surface area contributed by atoms with E-state index >= 15 is 0 Å². The number of rotatable bonds is 4. The molecule has 0 bridgehead atoms.